The molecule has 1 aromatic carbocycles. The number of nitrogen functional groups attached to an aromatic ring is 1. The van der Waals surface area contributed by atoms with E-state index >= 15 is 0 Å². The minimum Gasteiger partial charge on any atom is -0.506 e. The number of carbonyl (C=O) groups excluding carboxylic acids is 1. The van der Waals surface area contributed by atoms with Crippen LogP contribution in [0.15, 0.2) is 18.2 Å². The Kier molecular flexibility index (Phi) is 2.90. The number of anilines is 1. The number of aryl methyl sites for hydroxylation is 1. The fourth-order valence-electron chi connectivity index (χ4n) is 1.13. The van der Waals surface area contributed by atoms with Crippen LogP contribution in [0, 0.1) is 0 Å². The molecule has 0 fully saturated rings. The highest BCUT2D eigenvalue weighted by molar-refractivity contribution is 5.76. The zero-order valence-corrected chi connectivity index (χ0v) is 7.58. The van der Waals surface area contributed by atoms with Crippen molar-refractivity contribution in [2.75, 3.05) is 5.73 Å². The summed E-state index contributed by atoms with van der Waals surface area (Å²) in [5.74, 6) is 0.212. The number of ketones is 1. The van der Waals surface area contributed by atoms with Crippen molar-refractivity contribution in [3.63, 3.8) is 0 Å². The molecule has 0 atom stereocenters. The Hall–Kier alpha value is -1.51. The molecular weight excluding hydrogens is 166 g/mol. The summed E-state index contributed by atoms with van der Waals surface area (Å²) in [5, 5.41) is 9.26. The van der Waals surface area contributed by atoms with Crippen LogP contribution in [0.4, 0.5) is 5.69 Å². The Labute approximate surface area is 77.2 Å². The molecule has 1 aromatic rings. The van der Waals surface area contributed by atoms with Gasteiger partial charge in [0.15, 0.2) is 0 Å². The Morgan fingerprint density at radius 3 is 2.85 bits per heavy atom. The lowest BCUT2D eigenvalue weighted by atomic mass is 10.1. The number of nitrogens with two attached hydrogens (primary N) is 1. The maximum Gasteiger partial charge on any atom is 0.138 e. The molecule has 0 heterocycles. The molecule has 1 rings (SSSR count). The molecule has 0 spiro atoms. The number of benzene rings is 1. The van der Waals surface area contributed by atoms with Crippen molar-refractivity contribution in [3.8, 4) is 5.75 Å². The number of Topliss-reactive ketones (excluding diaryl/α,β-unsaturated/α-hetero) is 1. The van der Waals surface area contributed by atoms with Crippen molar-refractivity contribution in [3.05, 3.63) is 23.8 Å². The Morgan fingerprint density at radius 1 is 1.54 bits per heavy atom. The largest absolute Gasteiger partial charge is 0.506 e. The lowest BCUT2D eigenvalue weighted by Gasteiger charge is -2.05. The number of phenols is 1. The van der Waals surface area contributed by atoms with Gasteiger partial charge in [-0.1, -0.05) is 12.1 Å². The van der Waals surface area contributed by atoms with Gasteiger partial charge >= 0.3 is 0 Å². The second-order valence-corrected chi connectivity index (χ2v) is 3.05. The first-order valence-electron chi connectivity index (χ1n) is 4.17. The second-order valence-electron chi connectivity index (χ2n) is 3.05. The molecule has 0 unspecified atom stereocenters. The summed E-state index contributed by atoms with van der Waals surface area (Å²) in [7, 11) is 0. The zero-order chi connectivity index (χ0) is 9.84. The second kappa shape index (κ2) is 3.94. The van der Waals surface area contributed by atoms with Gasteiger partial charge in [0.1, 0.15) is 11.5 Å². The zero-order valence-electron chi connectivity index (χ0n) is 7.58. The Morgan fingerprint density at radius 2 is 2.23 bits per heavy atom. The van der Waals surface area contributed by atoms with Crippen molar-refractivity contribution in [2.24, 2.45) is 0 Å². The molecule has 0 saturated carbocycles. The van der Waals surface area contributed by atoms with Crippen LogP contribution in [-0.4, -0.2) is 10.9 Å². The van der Waals surface area contributed by atoms with E-state index in [2.05, 4.69) is 0 Å². The van der Waals surface area contributed by atoms with E-state index in [0.29, 0.717) is 18.5 Å². The van der Waals surface area contributed by atoms with Crippen LogP contribution < -0.4 is 5.73 Å². The maximum atomic E-state index is 10.7. The average Bonchev–Trinajstić information content (AvgIpc) is 2.07. The summed E-state index contributed by atoms with van der Waals surface area (Å²) in [5.41, 5.74) is 6.81. The Bertz CT molecular complexity index is 321. The summed E-state index contributed by atoms with van der Waals surface area (Å²) in [4.78, 5) is 10.7. The van der Waals surface area contributed by atoms with Gasteiger partial charge < -0.3 is 15.6 Å². The molecule has 0 aliphatic rings. The number of aromatic hydroxyl groups is 1. The lowest BCUT2D eigenvalue weighted by molar-refractivity contribution is -0.116. The highest BCUT2D eigenvalue weighted by Gasteiger charge is 2.03. The standard InChI is InChI=1S/C10H13NO2/c1-7(12)5-6-8-3-2-4-9(13)10(8)11/h2-4,13H,5-6,11H2,1H3. The van der Waals surface area contributed by atoms with E-state index in [4.69, 9.17) is 5.73 Å². The van der Waals surface area contributed by atoms with E-state index in [1.165, 1.54) is 6.07 Å². The van der Waals surface area contributed by atoms with Gasteiger partial charge in [-0.2, -0.15) is 0 Å². The van der Waals surface area contributed by atoms with Crippen LogP contribution in [0.2, 0.25) is 0 Å². The molecule has 70 valence electrons. The highest BCUT2D eigenvalue weighted by atomic mass is 16.3. The summed E-state index contributed by atoms with van der Waals surface area (Å²) >= 11 is 0. The number of hydrogen-bond acceptors (Lipinski definition) is 3. The third-order valence-electron chi connectivity index (χ3n) is 1.92. The van der Waals surface area contributed by atoms with Crippen LogP contribution in [0.3, 0.4) is 0 Å². The third-order valence-corrected chi connectivity index (χ3v) is 1.92. The molecule has 0 bridgehead atoms. The minimum atomic E-state index is 0.0843. The van der Waals surface area contributed by atoms with Crippen LogP contribution in [0.1, 0.15) is 18.9 Å². The van der Waals surface area contributed by atoms with Gasteiger partial charge in [-0.25, -0.2) is 0 Å². The van der Waals surface area contributed by atoms with Gasteiger partial charge in [-0.15, -0.1) is 0 Å². The molecule has 0 aliphatic heterocycles. The van der Waals surface area contributed by atoms with Crippen molar-refractivity contribution in [1.82, 2.24) is 0 Å². The third kappa shape index (κ3) is 2.47. The van der Waals surface area contributed by atoms with Crippen molar-refractivity contribution in [1.29, 1.82) is 0 Å². The van der Waals surface area contributed by atoms with Gasteiger partial charge in [-0.3, -0.25) is 0 Å². The van der Waals surface area contributed by atoms with E-state index in [1.54, 1.807) is 13.0 Å². The topological polar surface area (TPSA) is 63.3 Å². The number of rotatable bonds is 3. The summed E-state index contributed by atoms with van der Waals surface area (Å²) in [6.07, 6.45) is 1.06. The molecule has 3 heteroatoms. The summed E-state index contributed by atoms with van der Waals surface area (Å²) < 4.78 is 0. The highest BCUT2D eigenvalue weighted by Crippen LogP contribution is 2.24. The molecule has 13 heavy (non-hydrogen) atoms. The van der Waals surface area contributed by atoms with Crippen LogP contribution in [-0.2, 0) is 11.2 Å². The predicted octanol–water partition coefficient (Wildman–Crippen LogP) is 1.50. The fourth-order valence-corrected chi connectivity index (χ4v) is 1.13. The quantitative estimate of drug-likeness (QED) is 0.546. The molecule has 3 N–H and O–H groups in total. The molecule has 0 saturated heterocycles. The molecule has 3 nitrogen and oxygen atoms in total. The first kappa shape index (κ1) is 9.58. The van der Waals surface area contributed by atoms with E-state index < -0.39 is 0 Å². The van der Waals surface area contributed by atoms with Gasteiger partial charge in [0.05, 0.1) is 5.69 Å². The molecule has 0 aliphatic carbocycles. The van der Waals surface area contributed by atoms with Gasteiger partial charge in [0.25, 0.3) is 0 Å². The smallest absolute Gasteiger partial charge is 0.138 e. The van der Waals surface area contributed by atoms with Crippen LogP contribution in [0.5, 0.6) is 5.75 Å². The van der Waals surface area contributed by atoms with Gasteiger partial charge in [-0.05, 0) is 25.0 Å². The molecule has 0 aromatic heterocycles. The first-order valence-corrected chi connectivity index (χ1v) is 4.17. The van der Waals surface area contributed by atoms with Gasteiger partial charge in [0, 0.05) is 6.42 Å². The lowest BCUT2D eigenvalue weighted by Crippen LogP contribution is -1.98. The Balaban J connectivity index is 2.77. The van der Waals surface area contributed by atoms with Crippen LogP contribution >= 0.6 is 0 Å². The molecule has 0 amide bonds. The van der Waals surface area contributed by atoms with Crippen molar-refractivity contribution < 1.29 is 9.90 Å². The number of carbonyl (C=O) groups is 1. The maximum absolute atomic E-state index is 10.7. The van der Waals surface area contributed by atoms with E-state index in [-0.39, 0.29) is 11.5 Å². The SMILES string of the molecule is CC(=O)CCc1cccc(O)c1N. The van der Waals surface area contributed by atoms with E-state index in [0.717, 1.165) is 5.56 Å². The molecular formula is C10H13NO2. The fraction of sp³-hybridized carbons (Fsp3) is 0.300. The number of para-hydroxylation sites is 1. The van der Waals surface area contributed by atoms with Crippen LogP contribution in [0.25, 0.3) is 0 Å². The average molecular weight is 179 g/mol. The van der Waals surface area contributed by atoms with E-state index in [1.807, 2.05) is 6.07 Å². The first-order chi connectivity index (χ1) is 6.11. The summed E-state index contributed by atoms with van der Waals surface area (Å²) in [6, 6.07) is 5.08. The van der Waals surface area contributed by atoms with Gasteiger partial charge in [0.2, 0.25) is 0 Å². The number of hydrogen-bond donors (Lipinski definition) is 2. The normalized spacial score (nSPS) is 9.92. The molecule has 0 radical (unpaired) electrons. The summed E-state index contributed by atoms with van der Waals surface area (Å²) in [6.45, 7) is 1.54. The van der Waals surface area contributed by atoms with Crippen molar-refractivity contribution >= 4 is 11.5 Å². The number of phenolic OH excluding ortho intramolecular Hbond substituents is 1. The van der Waals surface area contributed by atoms with Crippen molar-refractivity contribution in [2.45, 2.75) is 19.8 Å². The monoisotopic (exact) mass is 179 g/mol. The predicted molar refractivity (Wildman–Crippen MR) is 51.5 cm³/mol. The minimum absolute atomic E-state index is 0.0843. The van der Waals surface area contributed by atoms with E-state index in [9.17, 15) is 9.90 Å².